The van der Waals surface area contributed by atoms with Crippen LogP contribution >= 0.6 is 0 Å². The lowest BCUT2D eigenvalue weighted by Gasteiger charge is -2.47. The molecule has 3 atom stereocenters. The summed E-state index contributed by atoms with van der Waals surface area (Å²) in [5.41, 5.74) is -1.66. The Hall–Kier alpha value is -2.89. The van der Waals surface area contributed by atoms with E-state index in [4.69, 9.17) is 0 Å². The third kappa shape index (κ3) is 1.84. The third-order valence-electron chi connectivity index (χ3n) is 5.68. The van der Waals surface area contributed by atoms with Crippen LogP contribution in [0.5, 0.6) is 11.5 Å². The molecule has 0 radical (unpaired) electrons. The van der Waals surface area contributed by atoms with E-state index in [1.54, 1.807) is 26.0 Å². The number of ketones is 2. The molecular formula is C20H20O6. The minimum Gasteiger partial charge on any atom is -0.507 e. The second kappa shape index (κ2) is 5.56. The van der Waals surface area contributed by atoms with Gasteiger partial charge in [-0.3, -0.25) is 14.4 Å². The van der Waals surface area contributed by atoms with Gasteiger partial charge in [-0.15, -0.1) is 0 Å². The number of aromatic hydroxyl groups is 2. The molecule has 1 aromatic rings. The Morgan fingerprint density at radius 2 is 1.73 bits per heavy atom. The first-order valence-corrected chi connectivity index (χ1v) is 8.30. The molecule has 3 N–H and O–H groups in total. The van der Waals surface area contributed by atoms with Gasteiger partial charge >= 0.3 is 5.97 Å². The van der Waals surface area contributed by atoms with Crippen LogP contribution in [-0.2, 0) is 15.0 Å². The van der Waals surface area contributed by atoms with Gasteiger partial charge in [-0.2, -0.15) is 0 Å². The quantitative estimate of drug-likeness (QED) is 0.555. The summed E-state index contributed by atoms with van der Waals surface area (Å²) in [6.45, 7) is 6.21. The summed E-state index contributed by atoms with van der Waals surface area (Å²) >= 11 is 0. The van der Waals surface area contributed by atoms with Crippen molar-refractivity contribution in [3.8, 4) is 11.5 Å². The van der Waals surface area contributed by atoms with E-state index in [1.807, 2.05) is 0 Å². The van der Waals surface area contributed by atoms with Crippen molar-refractivity contribution in [3.05, 3.63) is 46.1 Å². The molecule has 0 amide bonds. The summed E-state index contributed by atoms with van der Waals surface area (Å²) in [6.07, 6.45) is 4.37. The number of Topliss-reactive ketones (excluding diaryl/α,β-unsaturated/α-hetero) is 1. The van der Waals surface area contributed by atoms with Crippen LogP contribution in [0.25, 0.3) is 0 Å². The Labute approximate surface area is 150 Å². The Morgan fingerprint density at radius 1 is 1.12 bits per heavy atom. The molecule has 26 heavy (non-hydrogen) atoms. The summed E-state index contributed by atoms with van der Waals surface area (Å²) in [6, 6.07) is 0. The van der Waals surface area contributed by atoms with E-state index in [9.17, 15) is 29.7 Å². The van der Waals surface area contributed by atoms with Crippen molar-refractivity contribution in [1.82, 2.24) is 0 Å². The van der Waals surface area contributed by atoms with Crippen LogP contribution in [0.15, 0.2) is 23.8 Å². The van der Waals surface area contributed by atoms with Crippen molar-refractivity contribution in [2.45, 2.75) is 33.1 Å². The SMILES string of the molecule is C/C=C/[C@H]1[C@H]2C(=O)c3c(O)c(C)c(O)c(C)c3[C@]1(C(=O)O)C(=O)C=C2C. The molecule has 2 aliphatic rings. The number of hydrogen-bond donors (Lipinski definition) is 3. The van der Waals surface area contributed by atoms with Crippen molar-refractivity contribution in [2.24, 2.45) is 11.8 Å². The van der Waals surface area contributed by atoms with Gasteiger partial charge < -0.3 is 15.3 Å². The second-order valence-corrected chi connectivity index (χ2v) is 6.96. The predicted octanol–water partition coefficient (Wildman–Crippen LogP) is 2.57. The normalized spacial score (nSPS) is 27.5. The maximum atomic E-state index is 13.2. The monoisotopic (exact) mass is 356 g/mol. The highest BCUT2D eigenvalue weighted by molar-refractivity contribution is 6.22. The molecule has 0 spiro atoms. The van der Waals surface area contributed by atoms with Crippen LogP contribution in [0.3, 0.4) is 0 Å². The van der Waals surface area contributed by atoms with Crippen molar-refractivity contribution < 1.29 is 29.7 Å². The average molecular weight is 356 g/mol. The lowest BCUT2D eigenvalue weighted by molar-refractivity contribution is -0.150. The number of carbonyl (C=O) groups is 3. The van der Waals surface area contributed by atoms with Crippen LogP contribution in [0.2, 0.25) is 0 Å². The van der Waals surface area contributed by atoms with E-state index in [0.717, 1.165) is 0 Å². The Morgan fingerprint density at radius 3 is 2.27 bits per heavy atom. The molecule has 0 aromatic heterocycles. The lowest BCUT2D eigenvalue weighted by atomic mass is 9.51. The van der Waals surface area contributed by atoms with Crippen molar-refractivity contribution >= 4 is 17.5 Å². The molecule has 6 heteroatoms. The van der Waals surface area contributed by atoms with Gasteiger partial charge in [0.05, 0.1) is 11.5 Å². The number of hydrogen-bond acceptors (Lipinski definition) is 5. The Kier molecular flexibility index (Phi) is 3.83. The summed E-state index contributed by atoms with van der Waals surface area (Å²) in [7, 11) is 0. The molecule has 0 fully saturated rings. The highest BCUT2D eigenvalue weighted by Gasteiger charge is 2.64. The fraction of sp³-hybridized carbons (Fsp3) is 0.350. The Bertz CT molecular complexity index is 936. The smallest absolute Gasteiger partial charge is 0.322 e. The van der Waals surface area contributed by atoms with Crippen molar-refractivity contribution in [1.29, 1.82) is 0 Å². The van der Waals surface area contributed by atoms with E-state index in [1.165, 1.54) is 19.9 Å². The maximum absolute atomic E-state index is 13.2. The number of fused-ring (bicyclic) bond motifs is 4. The molecule has 3 rings (SSSR count). The molecule has 0 unspecified atom stereocenters. The second-order valence-electron chi connectivity index (χ2n) is 6.96. The minimum atomic E-state index is -2.06. The zero-order valence-corrected chi connectivity index (χ0v) is 15.0. The molecule has 6 nitrogen and oxygen atoms in total. The standard InChI is InChI=1S/C20H20O6/c1-5-6-11-13-8(2)7-12(21)20(11,19(25)26)15-9(3)16(22)10(4)17(23)14(15)18(13)24/h5-7,11,13,22-23H,1-4H3,(H,25,26)/b6-5+/t11-,13-,20+/m0/s1. The third-order valence-corrected chi connectivity index (χ3v) is 5.68. The van der Waals surface area contributed by atoms with E-state index < -0.39 is 40.5 Å². The van der Waals surface area contributed by atoms with Crippen LogP contribution in [0.1, 0.15) is 40.9 Å². The highest BCUT2D eigenvalue weighted by atomic mass is 16.4. The van der Waals surface area contributed by atoms with Crippen LogP contribution < -0.4 is 0 Å². The first-order valence-electron chi connectivity index (χ1n) is 8.30. The number of allylic oxidation sites excluding steroid dienone is 4. The van der Waals surface area contributed by atoms with Gasteiger partial charge in [0.2, 0.25) is 0 Å². The zero-order valence-electron chi connectivity index (χ0n) is 15.0. The summed E-state index contributed by atoms with van der Waals surface area (Å²) in [5.74, 6) is -5.08. The van der Waals surface area contributed by atoms with E-state index >= 15 is 0 Å². The maximum Gasteiger partial charge on any atom is 0.322 e. The van der Waals surface area contributed by atoms with Crippen LogP contribution in [-0.4, -0.2) is 32.9 Å². The van der Waals surface area contributed by atoms with E-state index in [0.29, 0.717) is 5.57 Å². The summed E-state index contributed by atoms with van der Waals surface area (Å²) in [5, 5.41) is 31.0. The van der Waals surface area contributed by atoms with Gasteiger partial charge in [0.1, 0.15) is 11.5 Å². The van der Waals surface area contributed by atoms with Crippen molar-refractivity contribution in [2.75, 3.05) is 0 Å². The molecule has 2 aliphatic carbocycles. The number of aliphatic carboxylic acids is 1. The average Bonchev–Trinajstić information content (AvgIpc) is 2.56. The molecule has 0 saturated carbocycles. The molecule has 2 bridgehead atoms. The molecule has 136 valence electrons. The van der Waals surface area contributed by atoms with Crippen molar-refractivity contribution in [3.63, 3.8) is 0 Å². The largest absolute Gasteiger partial charge is 0.507 e. The number of carbonyl (C=O) groups excluding carboxylic acids is 2. The van der Waals surface area contributed by atoms with Crippen LogP contribution in [0, 0.1) is 25.7 Å². The van der Waals surface area contributed by atoms with Crippen LogP contribution in [0.4, 0.5) is 0 Å². The highest BCUT2D eigenvalue weighted by Crippen LogP contribution is 2.56. The summed E-state index contributed by atoms with van der Waals surface area (Å²) in [4.78, 5) is 38.7. The number of rotatable bonds is 2. The first-order chi connectivity index (χ1) is 12.1. The fourth-order valence-corrected chi connectivity index (χ4v) is 4.48. The van der Waals surface area contributed by atoms with Gasteiger partial charge in [-0.25, -0.2) is 0 Å². The van der Waals surface area contributed by atoms with Gasteiger partial charge in [0.15, 0.2) is 17.0 Å². The molecule has 1 aromatic carbocycles. The topological polar surface area (TPSA) is 112 Å². The van der Waals surface area contributed by atoms with Gasteiger partial charge in [-0.05, 0) is 44.9 Å². The number of carboxylic acids is 1. The van der Waals surface area contributed by atoms with Gasteiger partial charge in [0, 0.05) is 11.5 Å². The Balaban J connectivity index is 2.61. The molecule has 0 saturated heterocycles. The zero-order chi connectivity index (χ0) is 19.5. The van der Waals surface area contributed by atoms with Gasteiger partial charge in [0.25, 0.3) is 0 Å². The van der Waals surface area contributed by atoms with E-state index in [-0.39, 0.29) is 28.0 Å². The lowest BCUT2D eigenvalue weighted by Crippen LogP contribution is -2.59. The molecule has 0 aliphatic heterocycles. The first kappa shape index (κ1) is 17.9. The summed E-state index contributed by atoms with van der Waals surface area (Å²) < 4.78 is 0. The van der Waals surface area contributed by atoms with Gasteiger partial charge in [-0.1, -0.05) is 17.7 Å². The fourth-order valence-electron chi connectivity index (χ4n) is 4.48. The number of benzene rings is 1. The number of phenolic OH excluding ortho intramolecular Hbond substituents is 2. The number of carboxylic acid groups (broad SMARTS) is 1. The van der Waals surface area contributed by atoms with E-state index in [2.05, 4.69) is 0 Å². The molecule has 0 heterocycles. The predicted molar refractivity (Wildman–Crippen MR) is 93.4 cm³/mol. The minimum absolute atomic E-state index is 0.0896. The molecular weight excluding hydrogens is 336 g/mol. The number of phenols is 2.